The van der Waals surface area contributed by atoms with E-state index in [0.717, 1.165) is 5.56 Å². The zero-order valence-corrected chi connectivity index (χ0v) is 14.7. The number of nitrogens with one attached hydrogen (secondary N) is 2. The molecular formula is C19H20N2O5. The maximum Gasteiger partial charge on any atom is 0.269 e. The molecule has 2 amide bonds. The van der Waals surface area contributed by atoms with Gasteiger partial charge in [0, 0.05) is 11.6 Å². The van der Waals surface area contributed by atoms with Crippen molar-refractivity contribution >= 4 is 17.9 Å². The van der Waals surface area contributed by atoms with Gasteiger partial charge in [0.25, 0.3) is 11.8 Å². The number of hydrogen-bond acceptors (Lipinski definition) is 5. The molecule has 2 N–H and O–H groups in total. The van der Waals surface area contributed by atoms with Gasteiger partial charge in [0.2, 0.25) is 0 Å². The summed E-state index contributed by atoms with van der Waals surface area (Å²) < 4.78 is 15.4. The molecule has 136 valence electrons. The summed E-state index contributed by atoms with van der Waals surface area (Å²) in [7, 11) is 4.62. The molecule has 0 fully saturated rings. The van der Waals surface area contributed by atoms with Crippen LogP contribution in [0.1, 0.15) is 15.9 Å². The highest BCUT2D eigenvalue weighted by Gasteiger charge is 2.06. The van der Waals surface area contributed by atoms with E-state index in [4.69, 9.17) is 14.2 Å². The number of carbonyl (C=O) groups is 2. The maximum absolute atomic E-state index is 12.0. The first-order chi connectivity index (χ1) is 12.6. The second-order valence-electron chi connectivity index (χ2n) is 5.12. The summed E-state index contributed by atoms with van der Waals surface area (Å²) in [6.07, 6.45) is 2.90. The van der Waals surface area contributed by atoms with Crippen molar-refractivity contribution in [1.82, 2.24) is 10.9 Å². The van der Waals surface area contributed by atoms with Crippen molar-refractivity contribution in [2.75, 3.05) is 21.3 Å². The molecule has 2 aromatic rings. The molecule has 26 heavy (non-hydrogen) atoms. The lowest BCUT2D eigenvalue weighted by Gasteiger charge is -2.08. The molecule has 2 rings (SSSR count). The van der Waals surface area contributed by atoms with Crippen molar-refractivity contribution in [3.8, 4) is 17.2 Å². The molecule has 0 radical (unpaired) electrons. The first-order valence-electron chi connectivity index (χ1n) is 7.72. The number of carbonyl (C=O) groups excluding carboxylic acids is 2. The third-order valence-electron chi connectivity index (χ3n) is 3.49. The van der Waals surface area contributed by atoms with Gasteiger partial charge in [0.1, 0.15) is 5.75 Å². The topological polar surface area (TPSA) is 85.9 Å². The molecule has 0 atom stereocenters. The molecule has 7 nitrogen and oxygen atoms in total. The monoisotopic (exact) mass is 356 g/mol. The number of methoxy groups -OCH3 is 3. The fraction of sp³-hybridized carbons (Fsp3) is 0.158. The van der Waals surface area contributed by atoms with Gasteiger partial charge in [-0.15, -0.1) is 0 Å². The predicted octanol–water partition coefficient (Wildman–Crippen LogP) is 2.19. The summed E-state index contributed by atoms with van der Waals surface area (Å²) in [5, 5.41) is 0. The average Bonchev–Trinajstić information content (AvgIpc) is 2.70. The lowest BCUT2D eigenvalue weighted by molar-refractivity contribution is -0.117. The molecule has 0 heterocycles. The molecule has 0 aliphatic rings. The number of rotatable bonds is 6. The molecular weight excluding hydrogens is 336 g/mol. The van der Waals surface area contributed by atoms with Crippen molar-refractivity contribution in [2.24, 2.45) is 0 Å². The highest BCUT2D eigenvalue weighted by molar-refractivity contribution is 5.98. The Balaban J connectivity index is 1.91. The van der Waals surface area contributed by atoms with Gasteiger partial charge in [-0.1, -0.05) is 6.07 Å². The van der Waals surface area contributed by atoms with Gasteiger partial charge >= 0.3 is 0 Å². The van der Waals surface area contributed by atoms with Crippen LogP contribution in [0.2, 0.25) is 0 Å². The van der Waals surface area contributed by atoms with Crippen LogP contribution < -0.4 is 25.1 Å². The minimum absolute atomic E-state index is 0.398. The zero-order valence-electron chi connectivity index (χ0n) is 14.7. The molecule has 2 aromatic carbocycles. The van der Waals surface area contributed by atoms with Crippen LogP contribution >= 0.6 is 0 Å². The van der Waals surface area contributed by atoms with Gasteiger partial charge in [0.05, 0.1) is 21.3 Å². The van der Waals surface area contributed by atoms with Crippen LogP contribution in [0.15, 0.2) is 48.5 Å². The maximum atomic E-state index is 12.0. The fourth-order valence-corrected chi connectivity index (χ4v) is 2.10. The second kappa shape index (κ2) is 9.12. The normalized spacial score (nSPS) is 10.3. The van der Waals surface area contributed by atoms with Gasteiger partial charge in [0.15, 0.2) is 11.5 Å². The SMILES string of the molecule is COc1ccc(C(=O)NNC(=O)C=Cc2ccc(OC)c(OC)c2)cc1. The van der Waals surface area contributed by atoms with Crippen LogP contribution in [0.4, 0.5) is 0 Å². The van der Waals surface area contributed by atoms with E-state index < -0.39 is 11.8 Å². The number of amides is 2. The van der Waals surface area contributed by atoms with E-state index in [-0.39, 0.29) is 0 Å². The minimum Gasteiger partial charge on any atom is -0.497 e. The summed E-state index contributed by atoms with van der Waals surface area (Å²) in [5.41, 5.74) is 5.80. The Bertz CT molecular complexity index is 800. The van der Waals surface area contributed by atoms with Gasteiger partial charge in [-0.25, -0.2) is 0 Å². The average molecular weight is 356 g/mol. The van der Waals surface area contributed by atoms with Gasteiger partial charge in [-0.05, 0) is 48.0 Å². The number of hydrazine groups is 1. The lowest BCUT2D eigenvalue weighted by Crippen LogP contribution is -2.40. The molecule has 0 saturated carbocycles. The fourth-order valence-electron chi connectivity index (χ4n) is 2.10. The Labute approximate surface area is 151 Å². The van der Waals surface area contributed by atoms with Crippen molar-refractivity contribution in [3.63, 3.8) is 0 Å². The van der Waals surface area contributed by atoms with Crippen molar-refractivity contribution in [3.05, 3.63) is 59.7 Å². The van der Waals surface area contributed by atoms with Crippen molar-refractivity contribution < 1.29 is 23.8 Å². The molecule has 0 aliphatic heterocycles. The molecule has 0 bridgehead atoms. The summed E-state index contributed by atoms with van der Waals surface area (Å²) in [5.74, 6) is 0.898. The van der Waals surface area contributed by atoms with Crippen LogP contribution in [0, 0.1) is 0 Å². The Morgan fingerprint density at radius 3 is 2.15 bits per heavy atom. The van der Waals surface area contributed by atoms with Crippen LogP contribution in [-0.4, -0.2) is 33.1 Å². The molecule has 0 unspecified atom stereocenters. The summed E-state index contributed by atoms with van der Waals surface area (Å²) in [6.45, 7) is 0. The summed E-state index contributed by atoms with van der Waals surface area (Å²) in [6, 6.07) is 11.8. The highest BCUT2D eigenvalue weighted by Crippen LogP contribution is 2.27. The van der Waals surface area contributed by atoms with E-state index in [1.807, 2.05) is 0 Å². The highest BCUT2D eigenvalue weighted by atomic mass is 16.5. The van der Waals surface area contributed by atoms with E-state index in [2.05, 4.69) is 10.9 Å². The molecule has 0 aliphatic carbocycles. The van der Waals surface area contributed by atoms with Crippen molar-refractivity contribution in [2.45, 2.75) is 0 Å². The molecule has 0 aromatic heterocycles. The largest absolute Gasteiger partial charge is 0.497 e. The zero-order chi connectivity index (χ0) is 18.9. The first-order valence-corrected chi connectivity index (χ1v) is 7.72. The number of benzene rings is 2. The molecule has 0 saturated heterocycles. The summed E-state index contributed by atoms with van der Waals surface area (Å²) in [4.78, 5) is 23.8. The standard InChI is InChI=1S/C19H20N2O5/c1-24-15-8-6-14(7-9-15)19(23)21-20-18(22)11-5-13-4-10-16(25-2)17(12-13)26-3/h4-12H,1-3H3,(H,20,22)(H,21,23). The number of ether oxygens (including phenoxy) is 3. The lowest BCUT2D eigenvalue weighted by atomic mass is 10.2. The summed E-state index contributed by atoms with van der Waals surface area (Å²) >= 11 is 0. The predicted molar refractivity (Wildman–Crippen MR) is 97.2 cm³/mol. The van der Waals surface area contributed by atoms with E-state index in [1.165, 1.54) is 13.2 Å². The van der Waals surface area contributed by atoms with Crippen LogP contribution in [0.5, 0.6) is 17.2 Å². The third-order valence-corrected chi connectivity index (χ3v) is 3.49. The van der Waals surface area contributed by atoms with E-state index in [0.29, 0.717) is 22.8 Å². The Morgan fingerprint density at radius 1 is 0.846 bits per heavy atom. The van der Waals surface area contributed by atoms with Crippen LogP contribution in [0.25, 0.3) is 6.08 Å². The Hall–Kier alpha value is -3.48. The Kier molecular flexibility index (Phi) is 6.61. The number of hydrogen-bond donors (Lipinski definition) is 2. The van der Waals surface area contributed by atoms with Crippen molar-refractivity contribution in [1.29, 1.82) is 0 Å². The van der Waals surface area contributed by atoms with E-state index in [9.17, 15) is 9.59 Å². The third kappa shape index (κ3) is 5.01. The quantitative estimate of drug-likeness (QED) is 0.612. The first kappa shape index (κ1) is 18.9. The van der Waals surface area contributed by atoms with E-state index >= 15 is 0 Å². The van der Waals surface area contributed by atoms with Gasteiger partial charge in [-0.3, -0.25) is 20.4 Å². The van der Waals surface area contributed by atoms with Crippen LogP contribution in [0.3, 0.4) is 0 Å². The molecule has 7 heteroatoms. The van der Waals surface area contributed by atoms with Crippen LogP contribution in [-0.2, 0) is 4.79 Å². The van der Waals surface area contributed by atoms with Gasteiger partial charge < -0.3 is 14.2 Å². The minimum atomic E-state index is -0.471. The van der Waals surface area contributed by atoms with Gasteiger partial charge in [-0.2, -0.15) is 0 Å². The molecule has 0 spiro atoms. The Morgan fingerprint density at radius 2 is 1.54 bits per heavy atom. The van der Waals surface area contributed by atoms with E-state index in [1.54, 1.807) is 62.8 Å². The second-order valence-corrected chi connectivity index (χ2v) is 5.12. The smallest absolute Gasteiger partial charge is 0.269 e.